The summed E-state index contributed by atoms with van der Waals surface area (Å²) in [5.41, 5.74) is 8.30. The van der Waals surface area contributed by atoms with Crippen molar-refractivity contribution in [3.63, 3.8) is 0 Å². The maximum absolute atomic E-state index is 5.81. The molecule has 6 heteroatoms. The molecule has 2 aromatic rings. The Morgan fingerprint density at radius 1 is 1.25 bits per heavy atom. The third-order valence-corrected chi connectivity index (χ3v) is 3.78. The van der Waals surface area contributed by atoms with E-state index in [4.69, 9.17) is 5.73 Å². The quantitative estimate of drug-likeness (QED) is 0.855. The molecule has 5 nitrogen and oxygen atoms in total. The molecule has 0 saturated carbocycles. The number of aromatic nitrogens is 3. The van der Waals surface area contributed by atoms with E-state index in [1.165, 1.54) is 5.56 Å². The number of halogens is 1. The summed E-state index contributed by atoms with van der Waals surface area (Å²) in [4.78, 5) is 15.2. The molecule has 0 radical (unpaired) electrons. The Bertz CT molecular complexity index is 629. The van der Waals surface area contributed by atoms with Gasteiger partial charge in [0.15, 0.2) is 0 Å². The third-order valence-electron chi connectivity index (χ3n) is 3.37. The lowest BCUT2D eigenvalue weighted by Gasteiger charge is -2.29. The fourth-order valence-electron chi connectivity index (χ4n) is 2.44. The second-order valence-electron chi connectivity index (χ2n) is 4.85. The number of rotatable bonds is 2. The highest BCUT2D eigenvalue weighted by Crippen LogP contribution is 2.32. The van der Waals surface area contributed by atoms with Crippen LogP contribution in [0.4, 0.5) is 17.6 Å². The lowest BCUT2D eigenvalue weighted by Crippen LogP contribution is -2.27. The number of fused-ring (bicyclic) bond motifs is 1. The van der Waals surface area contributed by atoms with Crippen LogP contribution in [0.25, 0.3) is 0 Å². The van der Waals surface area contributed by atoms with E-state index in [1.54, 1.807) is 0 Å². The first-order valence-corrected chi connectivity index (χ1v) is 7.57. The molecule has 0 unspecified atom stereocenters. The molecule has 0 amide bonds. The summed E-state index contributed by atoms with van der Waals surface area (Å²) in [6.07, 6.45) is 2.18. The van der Waals surface area contributed by atoms with E-state index in [0.717, 1.165) is 25.1 Å². The zero-order valence-electron chi connectivity index (χ0n) is 11.3. The standard InChI is InChI=1S/C14H16BrN5/c1-9(15)12-17-13(16)19-14(18-12)20-8-4-6-10-5-2-3-7-11(10)20/h2-3,5,7,9H,4,6,8H2,1H3,(H2,16,17,18,19)/t9-/m1/s1. The van der Waals surface area contributed by atoms with E-state index in [0.29, 0.717) is 11.8 Å². The van der Waals surface area contributed by atoms with Crippen LogP contribution in [0.2, 0.25) is 0 Å². The van der Waals surface area contributed by atoms with Crippen molar-refractivity contribution in [3.8, 4) is 0 Å². The van der Waals surface area contributed by atoms with Gasteiger partial charge in [-0.3, -0.25) is 0 Å². The van der Waals surface area contributed by atoms with E-state index >= 15 is 0 Å². The van der Waals surface area contributed by atoms with Gasteiger partial charge < -0.3 is 10.6 Å². The van der Waals surface area contributed by atoms with Crippen LogP contribution < -0.4 is 10.6 Å². The van der Waals surface area contributed by atoms with Crippen molar-refractivity contribution in [1.29, 1.82) is 0 Å². The molecule has 1 aliphatic heterocycles. The van der Waals surface area contributed by atoms with Crippen molar-refractivity contribution in [2.75, 3.05) is 17.2 Å². The highest BCUT2D eigenvalue weighted by Gasteiger charge is 2.21. The van der Waals surface area contributed by atoms with Gasteiger partial charge in [0.25, 0.3) is 0 Å². The van der Waals surface area contributed by atoms with Crippen molar-refractivity contribution in [3.05, 3.63) is 35.7 Å². The molecule has 1 aromatic heterocycles. The largest absolute Gasteiger partial charge is 0.368 e. The molecule has 20 heavy (non-hydrogen) atoms. The SMILES string of the molecule is C[C@@H](Br)c1nc(N)nc(N2CCCc3ccccc32)n1. The number of anilines is 3. The number of nitrogen functional groups attached to an aromatic ring is 1. The number of para-hydroxylation sites is 1. The molecule has 104 valence electrons. The number of benzene rings is 1. The van der Waals surface area contributed by atoms with Crippen molar-refractivity contribution in [1.82, 2.24) is 15.0 Å². The highest BCUT2D eigenvalue weighted by atomic mass is 79.9. The van der Waals surface area contributed by atoms with Crippen molar-refractivity contribution in [2.45, 2.75) is 24.6 Å². The van der Waals surface area contributed by atoms with Crippen LogP contribution in [-0.4, -0.2) is 21.5 Å². The van der Waals surface area contributed by atoms with Gasteiger partial charge >= 0.3 is 0 Å². The van der Waals surface area contributed by atoms with Crippen LogP contribution in [0, 0.1) is 0 Å². The average molecular weight is 334 g/mol. The Hall–Kier alpha value is -1.69. The van der Waals surface area contributed by atoms with Gasteiger partial charge in [-0.05, 0) is 31.4 Å². The van der Waals surface area contributed by atoms with Crippen LogP contribution in [-0.2, 0) is 6.42 Å². The summed E-state index contributed by atoms with van der Waals surface area (Å²) in [6.45, 7) is 2.87. The van der Waals surface area contributed by atoms with Gasteiger partial charge in [0, 0.05) is 12.2 Å². The van der Waals surface area contributed by atoms with Crippen LogP contribution in [0.3, 0.4) is 0 Å². The second-order valence-corrected chi connectivity index (χ2v) is 6.23. The third kappa shape index (κ3) is 2.47. The van der Waals surface area contributed by atoms with Gasteiger partial charge in [0.1, 0.15) is 5.82 Å². The number of alkyl halides is 1. The van der Waals surface area contributed by atoms with E-state index in [1.807, 2.05) is 13.0 Å². The molecule has 2 heterocycles. The zero-order chi connectivity index (χ0) is 14.1. The topological polar surface area (TPSA) is 67.9 Å². The fraction of sp³-hybridized carbons (Fsp3) is 0.357. The summed E-state index contributed by atoms with van der Waals surface area (Å²) < 4.78 is 0. The summed E-state index contributed by atoms with van der Waals surface area (Å²) in [5, 5.41) is 0. The molecular formula is C14H16BrN5. The van der Waals surface area contributed by atoms with E-state index in [-0.39, 0.29) is 10.8 Å². The van der Waals surface area contributed by atoms with Crippen LogP contribution >= 0.6 is 15.9 Å². The summed E-state index contributed by atoms with van der Waals surface area (Å²) >= 11 is 3.48. The van der Waals surface area contributed by atoms with Gasteiger partial charge in [0.2, 0.25) is 11.9 Å². The average Bonchev–Trinajstić information content (AvgIpc) is 2.46. The summed E-state index contributed by atoms with van der Waals surface area (Å²) in [6, 6.07) is 8.36. The van der Waals surface area contributed by atoms with Gasteiger partial charge in [0.05, 0.1) is 4.83 Å². The van der Waals surface area contributed by atoms with E-state index < -0.39 is 0 Å². The zero-order valence-corrected chi connectivity index (χ0v) is 12.8. The Kier molecular flexibility index (Phi) is 3.56. The number of aryl methyl sites for hydroxylation is 1. The van der Waals surface area contributed by atoms with Gasteiger partial charge in [-0.15, -0.1) is 0 Å². The van der Waals surface area contributed by atoms with E-state index in [9.17, 15) is 0 Å². The molecular weight excluding hydrogens is 318 g/mol. The Balaban J connectivity index is 2.06. The molecule has 0 bridgehead atoms. The smallest absolute Gasteiger partial charge is 0.235 e. The molecule has 3 rings (SSSR count). The summed E-state index contributed by atoms with van der Waals surface area (Å²) in [5.74, 6) is 1.56. The second kappa shape index (κ2) is 5.36. The Morgan fingerprint density at radius 2 is 2.05 bits per heavy atom. The number of nitrogens with two attached hydrogens (primary N) is 1. The number of hydrogen-bond donors (Lipinski definition) is 1. The maximum Gasteiger partial charge on any atom is 0.235 e. The molecule has 0 aliphatic carbocycles. The molecule has 0 fully saturated rings. The molecule has 0 saturated heterocycles. The van der Waals surface area contributed by atoms with Crippen LogP contribution in [0.15, 0.2) is 24.3 Å². The predicted octanol–water partition coefficient (Wildman–Crippen LogP) is 2.99. The van der Waals surface area contributed by atoms with Crippen LogP contribution in [0.1, 0.15) is 29.6 Å². The Morgan fingerprint density at radius 3 is 2.85 bits per heavy atom. The molecule has 2 N–H and O–H groups in total. The minimum Gasteiger partial charge on any atom is -0.368 e. The minimum absolute atomic E-state index is 0.0478. The molecule has 1 atom stereocenters. The number of hydrogen-bond acceptors (Lipinski definition) is 5. The Labute approximate surface area is 126 Å². The molecule has 0 spiro atoms. The van der Waals surface area contributed by atoms with Gasteiger partial charge in [-0.2, -0.15) is 15.0 Å². The first kappa shape index (κ1) is 13.3. The molecule has 1 aromatic carbocycles. The lowest BCUT2D eigenvalue weighted by molar-refractivity contribution is 0.741. The maximum atomic E-state index is 5.81. The number of nitrogens with zero attached hydrogens (tertiary/aromatic N) is 4. The van der Waals surface area contributed by atoms with Crippen molar-refractivity contribution >= 4 is 33.5 Å². The fourth-order valence-corrected chi connectivity index (χ4v) is 2.64. The predicted molar refractivity (Wildman–Crippen MR) is 83.4 cm³/mol. The van der Waals surface area contributed by atoms with Crippen LogP contribution in [0.5, 0.6) is 0 Å². The van der Waals surface area contributed by atoms with Gasteiger partial charge in [-0.1, -0.05) is 34.1 Å². The summed E-state index contributed by atoms with van der Waals surface area (Å²) in [7, 11) is 0. The van der Waals surface area contributed by atoms with E-state index in [2.05, 4.69) is 54.0 Å². The van der Waals surface area contributed by atoms with Crippen molar-refractivity contribution in [2.24, 2.45) is 0 Å². The lowest BCUT2D eigenvalue weighted by atomic mass is 10.0. The first-order valence-electron chi connectivity index (χ1n) is 6.66. The van der Waals surface area contributed by atoms with Gasteiger partial charge in [-0.25, -0.2) is 0 Å². The normalized spacial score (nSPS) is 15.8. The monoisotopic (exact) mass is 333 g/mol. The minimum atomic E-state index is 0.0478. The van der Waals surface area contributed by atoms with Crippen molar-refractivity contribution < 1.29 is 0 Å². The first-order chi connectivity index (χ1) is 9.65. The molecule has 1 aliphatic rings. The highest BCUT2D eigenvalue weighted by molar-refractivity contribution is 9.09.